The average molecular weight is 316 g/mol. The molecule has 0 aliphatic rings. The van der Waals surface area contributed by atoms with Gasteiger partial charge in [-0.3, -0.25) is 4.79 Å². The van der Waals surface area contributed by atoms with E-state index in [2.05, 4.69) is 21.2 Å². The number of halogens is 1. The van der Waals surface area contributed by atoms with Crippen LogP contribution in [0.4, 0.5) is 0 Å². The Hall–Kier alpha value is -1.07. The third-order valence-corrected chi connectivity index (χ3v) is 3.20. The summed E-state index contributed by atoms with van der Waals surface area (Å²) >= 11 is 3.42. The smallest absolute Gasteiger partial charge is 0.312 e. The van der Waals surface area contributed by atoms with E-state index in [-0.39, 0.29) is 6.61 Å². The summed E-state index contributed by atoms with van der Waals surface area (Å²) in [6.45, 7) is 4.08. The zero-order valence-electron chi connectivity index (χ0n) is 10.8. The van der Waals surface area contributed by atoms with Crippen molar-refractivity contribution in [3.63, 3.8) is 0 Å². The van der Waals surface area contributed by atoms with Crippen molar-refractivity contribution in [2.75, 3.05) is 13.7 Å². The van der Waals surface area contributed by atoms with Crippen molar-refractivity contribution in [1.82, 2.24) is 5.32 Å². The zero-order chi connectivity index (χ0) is 13.8. The van der Waals surface area contributed by atoms with Crippen molar-refractivity contribution in [3.8, 4) is 5.75 Å². The molecule has 1 rings (SSSR count). The van der Waals surface area contributed by atoms with E-state index in [1.807, 2.05) is 25.2 Å². The number of nitrogens with one attached hydrogen (secondary N) is 1. The SMILES string of the molecule is CNCc1cccc(Br)c1OCC(C)(C)C(=O)O. The van der Waals surface area contributed by atoms with Crippen LogP contribution in [0.2, 0.25) is 0 Å². The quantitative estimate of drug-likeness (QED) is 0.847. The van der Waals surface area contributed by atoms with Gasteiger partial charge in [-0.2, -0.15) is 0 Å². The molecule has 18 heavy (non-hydrogen) atoms. The predicted octanol–water partition coefficient (Wildman–Crippen LogP) is 2.66. The molecule has 0 aliphatic heterocycles. The van der Waals surface area contributed by atoms with Crippen LogP contribution in [0.5, 0.6) is 5.75 Å². The molecule has 1 aromatic rings. The van der Waals surface area contributed by atoms with Gasteiger partial charge in [-0.1, -0.05) is 12.1 Å². The van der Waals surface area contributed by atoms with Crippen LogP contribution in [0.3, 0.4) is 0 Å². The van der Waals surface area contributed by atoms with Crippen LogP contribution in [0.1, 0.15) is 19.4 Å². The van der Waals surface area contributed by atoms with Crippen LogP contribution in [0, 0.1) is 5.41 Å². The van der Waals surface area contributed by atoms with E-state index < -0.39 is 11.4 Å². The number of carboxylic acid groups (broad SMARTS) is 1. The molecular weight excluding hydrogens is 298 g/mol. The van der Waals surface area contributed by atoms with E-state index in [0.717, 1.165) is 10.0 Å². The van der Waals surface area contributed by atoms with Gasteiger partial charge in [-0.05, 0) is 42.9 Å². The summed E-state index contributed by atoms with van der Waals surface area (Å²) in [6.07, 6.45) is 0. The first-order chi connectivity index (χ1) is 8.38. The molecule has 0 saturated heterocycles. The molecule has 0 aliphatic carbocycles. The molecule has 0 heterocycles. The van der Waals surface area contributed by atoms with Gasteiger partial charge in [0.1, 0.15) is 12.4 Å². The molecule has 0 saturated carbocycles. The Morgan fingerprint density at radius 3 is 2.72 bits per heavy atom. The van der Waals surface area contributed by atoms with E-state index in [9.17, 15) is 4.79 Å². The lowest BCUT2D eigenvalue weighted by molar-refractivity contribution is -0.148. The molecule has 4 nitrogen and oxygen atoms in total. The number of para-hydroxylation sites is 1. The van der Waals surface area contributed by atoms with Gasteiger partial charge in [0.25, 0.3) is 0 Å². The number of hydrogen-bond acceptors (Lipinski definition) is 3. The summed E-state index contributed by atoms with van der Waals surface area (Å²) in [5.41, 5.74) is 0.0831. The Bertz CT molecular complexity index is 432. The summed E-state index contributed by atoms with van der Waals surface area (Å²) in [5, 5.41) is 12.1. The summed E-state index contributed by atoms with van der Waals surface area (Å²) in [7, 11) is 1.85. The van der Waals surface area contributed by atoms with Crippen molar-refractivity contribution in [3.05, 3.63) is 28.2 Å². The lowest BCUT2D eigenvalue weighted by Gasteiger charge is -2.21. The van der Waals surface area contributed by atoms with Gasteiger partial charge in [-0.25, -0.2) is 0 Å². The standard InChI is InChI=1S/C13H18BrNO3/c1-13(2,12(16)17)8-18-11-9(7-15-3)5-4-6-10(11)14/h4-6,15H,7-8H2,1-3H3,(H,16,17). The van der Waals surface area contributed by atoms with Gasteiger partial charge >= 0.3 is 5.97 Å². The van der Waals surface area contributed by atoms with Crippen LogP contribution in [-0.4, -0.2) is 24.7 Å². The van der Waals surface area contributed by atoms with E-state index in [0.29, 0.717) is 12.3 Å². The number of benzene rings is 1. The number of rotatable bonds is 6. The highest BCUT2D eigenvalue weighted by Crippen LogP contribution is 2.30. The maximum absolute atomic E-state index is 11.0. The van der Waals surface area contributed by atoms with Gasteiger partial charge in [0, 0.05) is 12.1 Å². The average Bonchev–Trinajstić information content (AvgIpc) is 2.28. The van der Waals surface area contributed by atoms with E-state index in [1.54, 1.807) is 13.8 Å². The largest absolute Gasteiger partial charge is 0.491 e. The molecule has 0 unspecified atom stereocenters. The Morgan fingerprint density at radius 2 is 2.17 bits per heavy atom. The molecule has 0 spiro atoms. The van der Waals surface area contributed by atoms with Crippen molar-refractivity contribution >= 4 is 21.9 Å². The van der Waals surface area contributed by atoms with Gasteiger partial charge in [0.2, 0.25) is 0 Å². The number of aliphatic carboxylic acids is 1. The van der Waals surface area contributed by atoms with E-state index >= 15 is 0 Å². The maximum Gasteiger partial charge on any atom is 0.312 e. The van der Waals surface area contributed by atoms with E-state index in [4.69, 9.17) is 9.84 Å². The highest BCUT2D eigenvalue weighted by molar-refractivity contribution is 9.10. The Kier molecular flexibility index (Phi) is 5.16. The molecule has 0 radical (unpaired) electrons. The third kappa shape index (κ3) is 3.71. The fraction of sp³-hybridized carbons (Fsp3) is 0.462. The van der Waals surface area contributed by atoms with E-state index in [1.165, 1.54) is 0 Å². The first kappa shape index (κ1) is 15.0. The summed E-state index contributed by atoms with van der Waals surface area (Å²) in [4.78, 5) is 11.0. The number of hydrogen-bond donors (Lipinski definition) is 2. The lowest BCUT2D eigenvalue weighted by Crippen LogP contribution is -2.31. The predicted molar refractivity (Wildman–Crippen MR) is 73.8 cm³/mol. The molecule has 0 bridgehead atoms. The monoisotopic (exact) mass is 315 g/mol. The maximum atomic E-state index is 11.0. The summed E-state index contributed by atoms with van der Waals surface area (Å²) in [6, 6.07) is 5.75. The Balaban J connectivity index is 2.87. The van der Waals surface area contributed by atoms with Crippen molar-refractivity contribution in [2.24, 2.45) is 5.41 Å². The fourth-order valence-corrected chi connectivity index (χ4v) is 1.88. The molecule has 2 N–H and O–H groups in total. The molecule has 0 aromatic heterocycles. The van der Waals surface area contributed by atoms with Crippen LogP contribution < -0.4 is 10.1 Å². The molecular formula is C13H18BrNO3. The number of ether oxygens (including phenoxy) is 1. The Labute approximate surface area is 115 Å². The van der Waals surface area contributed by atoms with Crippen molar-refractivity contribution in [1.29, 1.82) is 0 Å². The molecule has 0 atom stereocenters. The molecule has 100 valence electrons. The zero-order valence-corrected chi connectivity index (χ0v) is 12.4. The minimum absolute atomic E-state index is 0.127. The minimum Gasteiger partial charge on any atom is -0.491 e. The highest BCUT2D eigenvalue weighted by atomic mass is 79.9. The first-order valence-corrected chi connectivity index (χ1v) is 6.46. The highest BCUT2D eigenvalue weighted by Gasteiger charge is 2.28. The number of carboxylic acids is 1. The van der Waals surface area contributed by atoms with Gasteiger partial charge in [0.05, 0.1) is 9.89 Å². The topological polar surface area (TPSA) is 58.6 Å². The lowest BCUT2D eigenvalue weighted by atomic mass is 9.95. The van der Waals surface area contributed by atoms with Crippen LogP contribution in [0.25, 0.3) is 0 Å². The fourth-order valence-electron chi connectivity index (χ4n) is 1.36. The molecule has 5 heteroatoms. The first-order valence-electron chi connectivity index (χ1n) is 5.66. The normalized spacial score (nSPS) is 11.3. The van der Waals surface area contributed by atoms with Crippen molar-refractivity contribution < 1.29 is 14.6 Å². The Morgan fingerprint density at radius 1 is 1.50 bits per heavy atom. The second-order valence-electron chi connectivity index (χ2n) is 4.74. The number of carbonyl (C=O) groups is 1. The second kappa shape index (κ2) is 6.20. The van der Waals surface area contributed by atoms with Crippen molar-refractivity contribution in [2.45, 2.75) is 20.4 Å². The van der Waals surface area contributed by atoms with Gasteiger partial charge < -0.3 is 15.2 Å². The van der Waals surface area contributed by atoms with Crippen LogP contribution in [0.15, 0.2) is 22.7 Å². The summed E-state index contributed by atoms with van der Waals surface area (Å²) in [5.74, 6) is -0.175. The minimum atomic E-state index is -0.911. The molecule has 1 aromatic carbocycles. The van der Waals surface area contributed by atoms with Gasteiger partial charge in [0.15, 0.2) is 0 Å². The van der Waals surface area contributed by atoms with Gasteiger partial charge in [-0.15, -0.1) is 0 Å². The molecule has 0 amide bonds. The van der Waals surface area contributed by atoms with Crippen LogP contribution >= 0.6 is 15.9 Å². The second-order valence-corrected chi connectivity index (χ2v) is 5.59. The van der Waals surface area contributed by atoms with Crippen LogP contribution in [-0.2, 0) is 11.3 Å². The molecule has 0 fully saturated rings. The summed E-state index contributed by atoms with van der Waals surface area (Å²) < 4.78 is 6.51. The third-order valence-electron chi connectivity index (χ3n) is 2.57.